The zero-order valence-electron chi connectivity index (χ0n) is 14.9. The van der Waals surface area contributed by atoms with Crippen molar-refractivity contribution in [2.24, 2.45) is 0 Å². The molecule has 2 fully saturated rings. The summed E-state index contributed by atoms with van der Waals surface area (Å²) in [6.45, 7) is 1.93. The van der Waals surface area contributed by atoms with E-state index >= 15 is 0 Å². The first kappa shape index (κ1) is 17.7. The summed E-state index contributed by atoms with van der Waals surface area (Å²) < 4.78 is 6.04. The summed E-state index contributed by atoms with van der Waals surface area (Å²) in [5.74, 6) is 0.115. The first-order valence-electron chi connectivity index (χ1n) is 8.77. The fourth-order valence-corrected chi connectivity index (χ4v) is 3.52. The van der Waals surface area contributed by atoms with Crippen molar-refractivity contribution in [3.63, 3.8) is 0 Å². The maximum Gasteiger partial charge on any atom is 0.317 e. The highest BCUT2D eigenvalue weighted by molar-refractivity contribution is 5.78. The number of nitrogens with zero attached hydrogens (tertiary/aromatic N) is 3. The molecule has 7 nitrogen and oxygen atoms in total. The maximum atomic E-state index is 12.4. The number of likely N-dealkylation sites (tertiary alicyclic amines) is 1. The zero-order valence-corrected chi connectivity index (χ0v) is 14.9. The Morgan fingerprint density at radius 3 is 2.76 bits per heavy atom. The van der Waals surface area contributed by atoms with E-state index in [0.717, 1.165) is 25.0 Å². The Balaban J connectivity index is 1.48. The van der Waals surface area contributed by atoms with Crippen LogP contribution in [0.3, 0.4) is 0 Å². The van der Waals surface area contributed by atoms with Gasteiger partial charge in [-0.1, -0.05) is 6.07 Å². The van der Waals surface area contributed by atoms with E-state index in [1.807, 2.05) is 23.1 Å². The highest BCUT2D eigenvalue weighted by Crippen LogP contribution is 2.36. The minimum absolute atomic E-state index is 0.0469. The van der Waals surface area contributed by atoms with Gasteiger partial charge in [-0.15, -0.1) is 0 Å². The van der Waals surface area contributed by atoms with E-state index in [0.29, 0.717) is 26.1 Å². The van der Waals surface area contributed by atoms with Crippen molar-refractivity contribution in [2.45, 2.75) is 37.3 Å². The molecule has 1 aromatic heterocycles. The van der Waals surface area contributed by atoms with E-state index in [2.05, 4.69) is 10.3 Å². The molecule has 136 valence electrons. The number of pyridine rings is 1. The molecule has 1 spiro atoms. The second-order valence-electron chi connectivity index (χ2n) is 7.12. The number of amides is 3. The van der Waals surface area contributed by atoms with E-state index < -0.39 is 0 Å². The molecule has 1 unspecified atom stereocenters. The molecule has 2 aliphatic rings. The van der Waals surface area contributed by atoms with Crippen LogP contribution in [0, 0.1) is 0 Å². The van der Waals surface area contributed by atoms with E-state index in [1.54, 1.807) is 20.3 Å². The van der Waals surface area contributed by atoms with Gasteiger partial charge in [0.25, 0.3) is 0 Å². The third-order valence-corrected chi connectivity index (χ3v) is 5.03. The Labute approximate surface area is 148 Å². The number of carbonyl (C=O) groups is 2. The third kappa shape index (κ3) is 4.28. The molecule has 3 rings (SSSR count). The van der Waals surface area contributed by atoms with Gasteiger partial charge in [-0.2, -0.15) is 0 Å². The fourth-order valence-electron chi connectivity index (χ4n) is 3.52. The van der Waals surface area contributed by atoms with Gasteiger partial charge in [-0.05, 0) is 31.4 Å². The number of carbonyl (C=O) groups excluding carboxylic acids is 2. The second kappa shape index (κ2) is 7.39. The van der Waals surface area contributed by atoms with Gasteiger partial charge in [0.1, 0.15) is 0 Å². The molecule has 3 heterocycles. The predicted molar refractivity (Wildman–Crippen MR) is 93.1 cm³/mol. The topological polar surface area (TPSA) is 74.8 Å². The summed E-state index contributed by atoms with van der Waals surface area (Å²) in [4.78, 5) is 31.9. The van der Waals surface area contributed by atoms with Crippen LogP contribution in [0.1, 0.15) is 25.0 Å². The molecule has 0 bridgehead atoms. The van der Waals surface area contributed by atoms with Crippen LogP contribution < -0.4 is 5.32 Å². The third-order valence-electron chi connectivity index (χ3n) is 5.03. The lowest BCUT2D eigenvalue weighted by Crippen LogP contribution is -2.48. The van der Waals surface area contributed by atoms with E-state index in [4.69, 9.17) is 4.74 Å². The zero-order chi connectivity index (χ0) is 17.9. The highest BCUT2D eigenvalue weighted by Gasteiger charge is 2.43. The Morgan fingerprint density at radius 2 is 2.12 bits per heavy atom. The fraction of sp³-hybridized carbons (Fsp3) is 0.611. The molecule has 0 saturated carbocycles. The number of aromatic nitrogens is 1. The Bertz CT molecular complexity index is 612. The highest BCUT2D eigenvalue weighted by atomic mass is 16.5. The molecule has 0 aliphatic carbocycles. The van der Waals surface area contributed by atoms with Gasteiger partial charge in [0.15, 0.2) is 0 Å². The number of hydrogen-bond acceptors (Lipinski definition) is 4. The van der Waals surface area contributed by atoms with Crippen molar-refractivity contribution in [3.8, 4) is 0 Å². The number of urea groups is 1. The molecule has 1 aromatic rings. The quantitative estimate of drug-likeness (QED) is 0.888. The smallest absolute Gasteiger partial charge is 0.317 e. The lowest BCUT2D eigenvalue weighted by molar-refractivity contribution is -0.135. The summed E-state index contributed by atoms with van der Waals surface area (Å²) in [7, 11) is 3.46. The molecule has 0 radical (unpaired) electrons. The second-order valence-corrected chi connectivity index (χ2v) is 7.12. The summed E-state index contributed by atoms with van der Waals surface area (Å²) in [5, 5.41) is 2.99. The lowest BCUT2D eigenvalue weighted by atomic mass is 9.87. The molecule has 1 atom stereocenters. The number of piperidine rings is 1. The molecular weight excluding hydrogens is 320 g/mol. The normalized spacial score (nSPS) is 22.0. The Kier molecular flexibility index (Phi) is 5.22. The predicted octanol–water partition coefficient (Wildman–Crippen LogP) is 1.05. The monoisotopic (exact) mass is 346 g/mol. The van der Waals surface area contributed by atoms with Crippen LogP contribution >= 0.6 is 0 Å². The van der Waals surface area contributed by atoms with Crippen molar-refractivity contribution in [2.75, 3.05) is 33.8 Å². The number of rotatable bonds is 3. The lowest BCUT2D eigenvalue weighted by Gasteiger charge is -2.38. The van der Waals surface area contributed by atoms with Gasteiger partial charge in [0.05, 0.1) is 24.7 Å². The van der Waals surface area contributed by atoms with E-state index in [9.17, 15) is 9.59 Å². The molecule has 1 N–H and O–H groups in total. The van der Waals surface area contributed by atoms with Gasteiger partial charge in [0.2, 0.25) is 5.91 Å². The number of ether oxygens (including phenoxy) is 1. The Hall–Kier alpha value is -2.15. The maximum absolute atomic E-state index is 12.4. The standard InChI is InChI=1S/C18H26N4O3/c1-21(2)17(24)20-15-12-18(25-13-15)6-9-22(10-7-18)16(23)11-14-5-3-4-8-19-14/h3-5,8,15H,6-7,9-13H2,1-2H3,(H,20,24). The van der Waals surface area contributed by atoms with Crippen molar-refractivity contribution < 1.29 is 14.3 Å². The molecule has 2 saturated heterocycles. The van der Waals surface area contributed by atoms with Crippen molar-refractivity contribution in [1.82, 2.24) is 20.1 Å². The number of hydrogen-bond donors (Lipinski definition) is 1. The Morgan fingerprint density at radius 1 is 1.36 bits per heavy atom. The number of nitrogens with one attached hydrogen (secondary N) is 1. The summed E-state index contributed by atoms with van der Waals surface area (Å²) in [6, 6.07) is 5.58. The van der Waals surface area contributed by atoms with E-state index in [-0.39, 0.29) is 23.6 Å². The summed E-state index contributed by atoms with van der Waals surface area (Å²) in [6.07, 6.45) is 4.50. The SMILES string of the molecule is CN(C)C(=O)NC1COC2(CCN(C(=O)Cc3ccccn3)CC2)C1. The average molecular weight is 346 g/mol. The van der Waals surface area contributed by atoms with Crippen LogP contribution in [0.4, 0.5) is 4.79 Å². The first-order valence-corrected chi connectivity index (χ1v) is 8.77. The molecule has 3 amide bonds. The van der Waals surface area contributed by atoms with Crippen LogP contribution in [-0.2, 0) is 16.0 Å². The largest absolute Gasteiger partial charge is 0.373 e. The molecule has 7 heteroatoms. The first-order chi connectivity index (χ1) is 12.0. The van der Waals surface area contributed by atoms with Crippen molar-refractivity contribution in [3.05, 3.63) is 30.1 Å². The van der Waals surface area contributed by atoms with Crippen LogP contribution in [0.25, 0.3) is 0 Å². The summed E-state index contributed by atoms with van der Waals surface area (Å²) >= 11 is 0. The summed E-state index contributed by atoms with van der Waals surface area (Å²) in [5.41, 5.74) is 0.600. The van der Waals surface area contributed by atoms with Crippen LogP contribution in [0.5, 0.6) is 0 Å². The molecular formula is C18H26N4O3. The molecule has 25 heavy (non-hydrogen) atoms. The van der Waals surface area contributed by atoms with Crippen molar-refractivity contribution >= 4 is 11.9 Å². The minimum atomic E-state index is -0.202. The van der Waals surface area contributed by atoms with Gasteiger partial charge < -0.3 is 19.9 Å². The van der Waals surface area contributed by atoms with Gasteiger partial charge in [-0.25, -0.2) is 4.79 Å². The average Bonchev–Trinajstić information content (AvgIpc) is 2.98. The molecule has 2 aliphatic heterocycles. The van der Waals surface area contributed by atoms with Crippen LogP contribution in [0.15, 0.2) is 24.4 Å². The van der Waals surface area contributed by atoms with Gasteiger partial charge in [0, 0.05) is 39.1 Å². The minimum Gasteiger partial charge on any atom is -0.373 e. The van der Waals surface area contributed by atoms with Gasteiger partial charge >= 0.3 is 6.03 Å². The van der Waals surface area contributed by atoms with E-state index in [1.165, 1.54) is 4.90 Å². The molecule has 0 aromatic carbocycles. The van der Waals surface area contributed by atoms with Gasteiger partial charge in [-0.3, -0.25) is 9.78 Å². The van der Waals surface area contributed by atoms with Crippen LogP contribution in [-0.4, -0.2) is 72.2 Å². The van der Waals surface area contributed by atoms with Crippen LogP contribution in [0.2, 0.25) is 0 Å². The van der Waals surface area contributed by atoms with Crippen molar-refractivity contribution in [1.29, 1.82) is 0 Å².